The second-order valence-corrected chi connectivity index (χ2v) is 6.22. The molecule has 0 saturated heterocycles. The third-order valence-corrected chi connectivity index (χ3v) is 4.19. The van der Waals surface area contributed by atoms with Crippen LogP contribution in [0.15, 0.2) is 61.2 Å². The Morgan fingerprint density at radius 3 is 2.36 bits per heavy atom. The number of nitrogens with zero attached hydrogens (tertiary/aromatic N) is 3. The molecule has 0 aliphatic carbocycles. The summed E-state index contributed by atoms with van der Waals surface area (Å²) in [6.45, 7) is 4.84. The van der Waals surface area contributed by atoms with E-state index in [0.29, 0.717) is 19.0 Å². The summed E-state index contributed by atoms with van der Waals surface area (Å²) in [6.07, 6.45) is 3.42. The first-order chi connectivity index (χ1) is 13.7. The van der Waals surface area contributed by atoms with Crippen molar-refractivity contribution in [2.75, 3.05) is 13.2 Å². The summed E-state index contributed by atoms with van der Waals surface area (Å²) in [5.74, 6) is 1.46. The first-order valence-corrected chi connectivity index (χ1v) is 9.25. The Morgan fingerprint density at radius 2 is 1.75 bits per heavy atom. The standard InChI is InChI=1S/C21H24N4O3/c1-3-27-19-8-10-20(11-9-19)28-13-12-21(26)24-16(2)17-4-6-18(7-5-17)25-15-22-14-23-25/h4-11,14-16H,3,12-13H2,1-2H3,(H,24,26)/t16-/m1/s1. The molecule has 0 spiro atoms. The average molecular weight is 380 g/mol. The third kappa shape index (κ3) is 5.33. The number of rotatable bonds is 9. The van der Waals surface area contributed by atoms with Gasteiger partial charge in [0.1, 0.15) is 24.2 Å². The maximum absolute atomic E-state index is 12.2. The molecule has 7 nitrogen and oxygen atoms in total. The van der Waals surface area contributed by atoms with Gasteiger partial charge in [-0.05, 0) is 55.8 Å². The highest BCUT2D eigenvalue weighted by molar-refractivity contribution is 5.76. The van der Waals surface area contributed by atoms with E-state index in [4.69, 9.17) is 9.47 Å². The SMILES string of the molecule is CCOc1ccc(OCCC(=O)N[C@H](C)c2ccc(-n3cncn3)cc2)cc1. The zero-order valence-electron chi connectivity index (χ0n) is 16.0. The van der Waals surface area contributed by atoms with Gasteiger partial charge in [-0.3, -0.25) is 4.79 Å². The number of benzene rings is 2. The van der Waals surface area contributed by atoms with Crippen molar-refractivity contribution in [2.24, 2.45) is 0 Å². The Balaban J connectivity index is 1.43. The van der Waals surface area contributed by atoms with Crippen LogP contribution in [0.5, 0.6) is 11.5 Å². The molecule has 0 radical (unpaired) electrons. The highest BCUT2D eigenvalue weighted by Crippen LogP contribution is 2.18. The molecule has 0 aliphatic heterocycles. The van der Waals surface area contributed by atoms with E-state index in [1.165, 1.54) is 6.33 Å². The minimum atomic E-state index is -0.0947. The highest BCUT2D eigenvalue weighted by atomic mass is 16.5. The number of aromatic nitrogens is 3. The molecule has 1 atom stereocenters. The van der Waals surface area contributed by atoms with Crippen LogP contribution in [-0.4, -0.2) is 33.9 Å². The van der Waals surface area contributed by atoms with Gasteiger partial charge in [-0.25, -0.2) is 9.67 Å². The molecular formula is C21H24N4O3. The molecule has 1 amide bonds. The maximum Gasteiger partial charge on any atom is 0.223 e. The molecule has 0 fully saturated rings. The van der Waals surface area contributed by atoms with Gasteiger partial charge in [0, 0.05) is 0 Å². The van der Waals surface area contributed by atoms with Crippen LogP contribution in [0.1, 0.15) is 31.9 Å². The lowest BCUT2D eigenvalue weighted by atomic mass is 10.1. The number of hydrogen-bond acceptors (Lipinski definition) is 5. The van der Waals surface area contributed by atoms with Crippen LogP contribution in [0.3, 0.4) is 0 Å². The lowest BCUT2D eigenvalue weighted by molar-refractivity contribution is -0.122. The lowest BCUT2D eigenvalue weighted by Crippen LogP contribution is -2.27. The van der Waals surface area contributed by atoms with Gasteiger partial charge in [-0.2, -0.15) is 5.10 Å². The van der Waals surface area contributed by atoms with E-state index in [2.05, 4.69) is 15.4 Å². The predicted octanol–water partition coefficient (Wildman–Crippen LogP) is 3.31. The Bertz CT molecular complexity index is 862. The number of hydrogen-bond donors (Lipinski definition) is 1. The van der Waals surface area contributed by atoms with Crippen LogP contribution in [-0.2, 0) is 4.79 Å². The molecule has 1 N–H and O–H groups in total. The summed E-state index contributed by atoms with van der Waals surface area (Å²) in [4.78, 5) is 16.1. The van der Waals surface area contributed by atoms with Crippen LogP contribution in [0.25, 0.3) is 5.69 Å². The molecule has 7 heteroatoms. The Kier molecular flexibility index (Phi) is 6.62. The monoisotopic (exact) mass is 380 g/mol. The minimum Gasteiger partial charge on any atom is -0.494 e. The normalized spacial score (nSPS) is 11.6. The van der Waals surface area contributed by atoms with E-state index in [-0.39, 0.29) is 18.4 Å². The smallest absolute Gasteiger partial charge is 0.223 e. The molecule has 0 unspecified atom stereocenters. The number of carbonyl (C=O) groups is 1. The zero-order valence-corrected chi connectivity index (χ0v) is 16.0. The van der Waals surface area contributed by atoms with Crippen LogP contribution in [0.4, 0.5) is 0 Å². The Hall–Kier alpha value is -3.35. The fraction of sp³-hybridized carbons (Fsp3) is 0.286. The van der Waals surface area contributed by atoms with Crippen molar-refractivity contribution >= 4 is 5.91 Å². The summed E-state index contributed by atoms with van der Waals surface area (Å²) >= 11 is 0. The summed E-state index contributed by atoms with van der Waals surface area (Å²) in [5, 5.41) is 7.09. The van der Waals surface area contributed by atoms with Gasteiger partial charge in [0.25, 0.3) is 0 Å². The van der Waals surface area contributed by atoms with Crippen molar-refractivity contribution in [1.82, 2.24) is 20.1 Å². The number of nitrogens with one attached hydrogen (secondary N) is 1. The number of amides is 1. The quantitative estimate of drug-likeness (QED) is 0.616. The number of ether oxygens (including phenoxy) is 2. The van der Waals surface area contributed by atoms with Crippen LogP contribution < -0.4 is 14.8 Å². The lowest BCUT2D eigenvalue weighted by Gasteiger charge is -2.15. The Morgan fingerprint density at radius 1 is 1.07 bits per heavy atom. The van der Waals surface area contributed by atoms with Gasteiger partial charge in [0.15, 0.2) is 0 Å². The summed E-state index contributed by atoms with van der Waals surface area (Å²) < 4.78 is 12.7. The molecule has 3 rings (SSSR count). The van der Waals surface area contributed by atoms with Crippen molar-refractivity contribution in [3.63, 3.8) is 0 Å². The molecule has 28 heavy (non-hydrogen) atoms. The Labute approximate surface area is 164 Å². The van der Waals surface area contributed by atoms with Gasteiger partial charge in [0.05, 0.1) is 31.4 Å². The van der Waals surface area contributed by atoms with Gasteiger partial charge < -0.3 is 14.8 Å². The van der Waals surface area contributed by atoms with E-state index in [1.54, 1.807) is 11.0 Å². The molecule has 3 aromatic rings. The first kappa shape index (κ1) is 19.4. The molecule has 0 saturated carbocycles. The van der Waals surface area contributed by atoms with E-state index < -0.39 is 0 Å². The molecule has 0 bridgehead atoms. The molecule has 0 aliphatic rings. The van der Waals surface area contributed by atoms with Gasteiger partial charge >= 0.3 is 0 Å². The van der Waals surface area contributed by atoms with Gasteiger partial charge in [0.2, 0.25) is 5.91 Å². The van der Waals surface area contributed by atoms with Crippen molar-refractivity contribution in [3.05, 3.63) is 66.7 Å². The van der Waals surface area contributed by atoms with Crippen LogP contribution in [0.2, 0.25) is 0 Å². The zero-order chi connectivity index (χ0) is 19.8. The maximum atomic E-state index is 12.2. The topological polar surface area (TPSA) is 78.3 Å². The first-order valence-electron chi connectivity index (χ1n) is 9.25. The molecule has 146 valence electrons. The third-order valence-electron chi connectivity index (χ3n) is 4.19. The van der Waals surface area contributed by atoms with Crippen LogP contribution in [0, 0.1) is 0 Å². The molecular weight excluding hydrogens is 356 g/mol. The van der Waals surface area contributed by atoms with Crippen molar-refractivity contribution < 1.29 is 14.3 Å². The summed E-state index contributed by atoms with van der Waals surface area (Å²) in [5.41, 5.74) is 1.94. The van der Waals surface area contributed by atoms with Crippen molar-refractivity contribution in [1.29, 1.82) is 0 Å². The van der Waals surface area contributed by atoms with E-state index in [9.17, 15) is 4.79 Å². The minimum absolute atomic E-state index is 0.0567. The second-order valence-electron chi connectivity index (χ2n) is 6.22. The fourth-order valence-corrected chi connectivity index (χ4v) is 2.71. The van der Waals surface area contributed by atoms with E-state index >= 15 is 0 Å². The predicted molar refractivity (Wildman–Crippen MR) is 106 cm³/mol. The second kappa shape index (κ2) is 9.55. The largest absolute Gasteiger partial charge is 0.494 e. The van der Waals surface area contributed by atoms with Crippen molar-refractivity contribution in [3.8, 4) is 17.2 Å². The highest BCUT2D eigenvalue weighted by Gasteiger charge is 2.10. The summed E-state index contributed by atoms with van der Waals surface area (Å²) in [6, 6.07) is 15.1. The molecule has 1 heterocycles. The van der Waals surface area contributed by atoms with Crippen molar-refractivity contribution in [2.45, 2.75) is 26.3 Å². The number of carbonyl (C=O) groups excluding carboxylic acids is 1. The molecule has 1 aromatic heterocycles. The van der Waals surface area contributed by atoms with Crippen LogP contribution >= 0.6 is 0 Å². The van der Waals surface area contributed by atoms with E-state index in [1.807, 2.05) is 62.4 Å². The fourth-order valence-electron chi connectivity index (χ4n) is 2.71. The molecule has 2 aromatic carbocycles. The van der Waals surface area contributed by atoms with Gasteiger partial charge in [-0.1, -0.05) is 12.1 Å². The summed E-state index contributed by atoms with van der Waals surface area (Å²) in [7, 11) is 0. The average Bonchev–Trinajstić information content (AvgIpc) is 3.24. The van der Waals surface area contributed by atoms with E-state index in [0.717, 1.165) is 17.0 Å². The van der Waals surface area contributed by atoms with Gasteiger partial charge in [-0.15, -0.1) is 0 Å².